The molecule has 3 heterocycles. The number of halogens is 1. The Hall–Kier alpha value is -1.59. The molecule has 136 valence electrons. The van der Waals surface area contributed by atoms with Crippen LogP contribution < -0.4 is 16.0 Å². The molecule has 0 aliphatic carbocycles. The van der Waals surface area contributed by atoms with Gasteiger partial charge in [0, 0.05) is 30.2 Å². The van der Waals surface area contributed by atoms with Crippen molar-refractivity contribution in [1.82, 2.24) is 10.6 Å². The zero-order chi connectivity index (χ0) is 16.5. The van der Waals surface area contributed by atoms with E-state index in [0.717, 1.165) is 36.9 Å². The molecule has 0 aromatic heterocycles. The molecule has 4 rings (SSSR count). The lowest BCUT2D eigenvalue weighted by Gasteiger charge is -2.29. The number of piperidine rings is 1. The standard InChI is InChI=1S/C19H25N3O2.ClH/c23-18(21-16-10-14-5-6-15(11-16)20-14)3-1-2-12-4-7-17-13(8-12)9-19(24)22-17;/h4,7-8,14-16,20H,1-3,5-6,9-11H2,(H,21,23)(H,22,24);1H. The normalized spacial score (nSPS) is 26.6. The molecule has 2 bridgehead atoms. The van der Waals surface area contributed by atoms with Gasteiger partial charge in [0.25, 0.3) is 0 Å². The number of carbonyl (C=O) groups is 2. The van der Waals surface area contributed by atoms with Gasteiger partial charge in [0.05, 0.1) is 6.42 Å². The summed E-state index contributed by atoms with van der Waals surface area (Å²) in [6.45, 7) is 0. The van der Waals surface area contributed by atoms with Crippen LogP contribution in [0.15, 0.2) is 18.2 Å². The molecule has 2 amide bonds. The first-order valence-corrected chi connectivity index (χ1v) is 9.13. The number of fused-ring (bicyclic) bond motifs is 3. The molecule has 0 radical (unpaired) electrons. The topological polar surface area (TPSA) is 70.2 Å². The first kappa shape index (κ1) is 18.2. The molecular weight excluding hydrogens is 338 g/mol. The number of carbonyl (C=O) groups excluding carboxylic acids is 2. The summed E-state index contributed by atoms with van der Waals surface area (Å²) in [5.74, 6) is 0.247. The Balaban J connectivity index is 0.00000182. The summed E-state index contributed by atoms with van der Waals surface area (Å²) in [6, 6.07) is 7.69. The SMILES string of the molecule is Cl.O=C1Cc2cc(CCCC(=O)NC3CC4CCC(C3)N4)ccc2N1. The van der Waals surface area contributed by atoms with Crippen molar-refractivity contribution < 1.29 is 9.59 Å². The molecule has 2 saturated heterocycles. The van der Waals surface area contributed by atoms with Gasteiger partial charge in [-0.3, -0.25) is 9.59 Å². The molecule has 0 saturated carbocycles. The number of hydrogen-bond acceptors (Lipinski definition) is 3. The summed E-state index contributed by atoms with van der Waals surface area (Å²) in [7, 11) is 0. The van der Waals surface area contributed by atoms with E-state index in [2.05, 4.69) is 22.0 Å². The van der Waals surface area contributed by atoms with Gasteiger partial charge in [-0.15, -0.1) is 12.4 Å². The fourth-order valence-electron chi connectivity index (χ4n) is 4.37. The monoisotopic (exact) mass is 363 g/mol. The first-order valence-electron chi connectivity index (χ1n) is 9.13. The molecule has 25 heavy (non-hydrogen) atoms. The third-order valence-electron chi connectivity index (χ3n) is 5.50. The van der Waals surface area contributed by atoms with Gasteiger partial charge in [-0.05, 0) is 55.7 Å². The third-order valence-corrected chi connectivity index (χ3v) is 5.50. The lowest BCUT2D eigenvalue weighted by Crippen LogP contribution is -2.48. The van der Waals surface area contributed by atoms with Crippen molar-refractivity contribution in [2.24, 2.45) is 0 Å². The molecule has 1 aromatic carbocycles. The Morgan fingerprint density at radius 3 is 2.72 bits per heavy atom. The maximum Gasteiger partial charge on any atom is 0.228 e. The maximum atomic E-state index is 12.2. The predicted molar refractivity (Wildman–Crippen MR) is 100 cm³/mol. The second kappa shape index (κ2) is 7.75. The number of anilines is 1. The summed E-state index contributed by atoms with van der Waals surface area (Å²) in [5.41, 5.74) is 3.21. The quantitative estimate of drug-likeness (QED) is 0.752. The lowest BCUT2D eigenvalue weighted by atomic mass is 9.99. The molecule has 3 aliphatic heterocycles. The summed E-state index contributed by atoms with van der Waals surface area (Å²) < 4.78 is 0. The number of aryl methyl sites for hydroxylation is 1. The van der Waals surface area contributed by atoms with Crippen LogP contribution >= 0.6 is 12.4 Å². The Kier molecular flexibility index (Phi) is 5.64. The van der Waals surface area contributed by atoms with Crippen molar-refractivity contribution in [1.29, 1.82) is 0 Å². The fraction of sp³-hybridized carbons (Fsp3) is 0.579. The number of hydrogen-bond donors (Lipinski definition) is 3. The van der Waals surface area contributed by atoms with Crippen LogP contribution in [0.5, 0.6) is 0 Å². The Bertz CT molecular complexity index is 652. The van der Waals surface area contributed by atoms with E-state index < -0.39 is 0 Å². The van der Waals surface area contributed by atoms with Crippen LogP contribution in [0.1, 0.15) is 49.7 Å². The first-order chi connectivity index (χ1) is 11.7. The van der Waals surface area contributed by atoms with Crippen molar-refractivity contribution in [3.8, 4) is 0 Å². The Morgan fingerprint density at radius 2 is 1.96 bits per heavy atom. The highest BCUT2D eigenvalue weighted by atomic mass is 35.5. The molecule has 0 spiro atoms. The lowest BCUT2D eigenvalue weighted by molar-refractivity contribution is -0.122. The van der Waals surface area contributed by atoms with Crippen molar-refractivity contribution >= 4 is 29.9 Å². The average Bonchev–Trinajstić information content (AvgIpc) is 3.08. The van der Waals surface area contributed by atoms with Crippen LogP contribution in [0.2, 0.25) is 0 Å². The zero-order valence-electron chi connectivity index (χ0n) is 14.3. The number of nitrogens with one attached hydrogen (secondary N) is 3. The smallest absolute Gasteiger partial charge is 0.228 e. The van der Waals surface area contributed by atoms with Crippen LogP contribution in [-0.4, -0.2) is 29.9 Å². The fourth-order valence-corrected chi connectivity index (χ4v) is 4.37. The molecule has 3 N–H and O–H groups in total. The molecule has 2 atom stereocenters. The van der Waals surface area contributed by atoms with Crippen molar-refractivity contribution in [3.05, 3.63) is 29.3 Å². The van der Waals surface area contributed by atoms with E-state index in [0.29, 0.717) is 31.0 Å². The summed E-state index contributed by atoms with van der Waals surface area (Å²) in [4.78, 5) is 23.6. The average molecular weight is 364 g/mol. The molecular formula is C19H26ClN3O2. The second-order valence-corrected chi connectivity index (χ2v) is 7.44. The predicted octanol–water partition coefficient (Wildman–Crippen LogP) is 2.32. The molecule has 2 unspecified atom stereocenters. The van der Waals surface area contributed by atoms with Crippen LogP contribution in [0.25, 0.3) is 0 Å². The summed E-state index contributed by atoms with van der Waals surface area (Å²) in [5, 5.41) is 9.67. The zero-order valence-corrected chi connectivity index (χ0v) is 15.2. The van der Waals surface area contributed by atoms with E-state index in [-0.39, 0.29) is 24.2 Å². The van der Waals surface area contributed by atoms with E-state index in [1.165, 1.54) is 18.4 Å². The van der Waals surface area contributed by atoms with Crippen molar-refractivity contribution in [2.75, 3.05) is 5.32 Å². The van der Waals surface area contributed by atoms with Gasteiger partial charge in [0.2, 0.25) is 11.8 Å². The van der Waals surface area contributed by atoms with Gasteiger partial charge >= 0.3 is 0 Å². The van der Waals surface area contributed by atoms with Gasteiger partial charge in [-0.25, -0.2) is 0 Å². The van der Waals surface area contributed by atoms with Gasteiger partial charge in [-0.1, -0.05) is 12.1 Å². The van der Waals surface area contributed by atoms with Crippen LogP contribution in [0, 0.1) is 0 Å². The molecule has 2 fully saturated rings. The highest BCUT2D eigenvalue weighted by Crippen LogP contribution is 2.27. The number of rotatable bonds is 5. The highest BCUT2D eigenvalue weighted by Gasteiger charge is 2.33. The van der Waals surface area contributed by atoms with E-state index >= 15 is 0 Å². The van der Waals surface area contributed by atoms with Crippen LogP contribution in [-0.2, 0) is 22.4 Å². The number of benzene rings is 1. The van der Waals surface area contributed by atoms with Crippen LogP contribution in [0.3, 0.4) is 0 Å². The molecule has 1 aromatic rings. The molecule has 3 aliphatic rings. The Morgan fingerprint density at radius 1 is 1.20 bits per heavy atom. The Labute approximate surface area is 154 Å². The molecule has 6 heteroatoms. The largest absolute Gasteiger partial charge is 0.353 e. The number of amides is 2. The van der Waals surface area contributed by atoms with E-state index in [1.807, 2.05) is 12.1 Å². The maximum absolute atomic E-state index is 12.2. The van der Waals surface area contributed by atoms with E-state index in [9.17, 15) is 9.59 Å². The molecule has 5 nitrogen and oxygen atoms in total. The minimum Gasteiger partial charge on any atom is -0.353 e. The minimum absolute atomic E-state index is 0. The summed E-state index contributed by atoms with van der Waals surface area (Å²) in [6.07, 6.45) is 7.45. The van der Waals surface area contributed by atoms with Crippen LogP contribution in [0.4, 0.5) is 5.69 Å². The van der Waals surface area contributed by atoms with Gasteiger partial charge in [-0.2, -0.15) is 0 Å². The van der Waals surface area contributed by atoms with E-state index in [4.69, 9.17) is 0 Å². The van der Waals surface area contributed by atoms with Gasteiger partial charge < -0.3 is 16.0 Å². The van der Waals surface area contributed by atoms with Crippen molar-refractivity contribution in [2.45, 2.75) is 69.5 Å². The third kappa shape index (κ3) is 4.33. The van der Waals surface area contributed by atoms with Gasteiger partial charge in [0.15, 0.2) is 0 Å². The summed E-state index contributed by atoms with van der Waals surface area (Å²) >= 11 is 0. The van der Waals surface area contributed by atoms with E-state index in [1.54, 1.807) is 0 Å². The minimum atomic E-state index is 0. The van der Waals surface area contributed by atoms with Crippen molar-refractivity contribution in [3.63, 3.8) is 0 Å². The second-order valence-electron chi connectivity index (χ2n) is 7.44. The highest BCUT2D eigenvalue weighted by molar-refractivity contribution is 5.99. The van der Waals surface area contributed by atoms with Gasteiger partial charge in [0.1, 0.15) is 0 Å².